The molecule has 1 amide bonds. The first-order chi connectivity index (χ1) is 13.7. The lowest BCUT2D eigenvalue weighted by molar-refractivity contribution is 0.0733. The van der Waals surface area contributed by atoms with Crippen molar-refractivity contribution in [2.24, 2.45) is 0 Å². The maximum atomic E-state index is 12.8. The number of ether oxygens (including phenoxy) is 2. The fraction of sp³-hybridized carbons (Fsp3) is 0.455. The van der Waals surface area contributed by atoms with Crippen LogP contribution in [0.1, 0.15) is 34.3 Å². The zero-order chi connectivity index (χ0) is 19.3. The van der Waals surface area contributed by atoms with Gasteiger partial charge in [0, 0.05) is 31.0 Å². The molecule has 2 aliphatic rings. The number of benzene rings is 1. The summed E-state index contributed by atoms with van der Waals surface area (Å²) in [4.78, 5) is 21.3. The Bertz CT molecular complexity index is 825. The fourth-order valence-corrected chi connectivity index (χ4v) is 3.87. The molecule has 0 atom stereocenters. The number of carbonyl (C=O) groups is 1. The number of hydrogen-bond acceptors (Lipinski definition) is 5. The first-order valence-electron chi connectivity index (χ1n) is 10.00. The molecule has 0 unspecified atom stereocenters. The van der Waals surface area contributed by atoms with E-state index in [0.717, 1.165) is 68.7 Å². The Morgan fingerprint density at radius 1 is 1.18 bits per heavy atom. The zero-order valence-corrected chi connectivity index (χ0v) is 16.4. The summed E-state index contributed by atoms with van der Waals surface area (Å²) < 4.78 is 10.8. The molecule has 2 aromatic rings. The van der Waals surface area contributed by atoms with Crippen LogP contribution in [0, 0.1) is 0 Å². The molecule has 0 radical (unpaired) electrons. The van der Waals surface area contributed by atoms with Gasteiger partial charge in [-0.15, -0.1) is 0 Å². The van der Waals surface area contributed by atoms with E-state index in [1.54, 1.807) is 0 Å². The first kappa shape index (κ1) is 18.7. The van der Waals surface area contributed by atoms with E-state index in [2.05, 4.69) is 23.0 Å². The molecule has 0 bridgehead atoms. The lowest BCUT2D eigenvalue weighted by Crippen LogP contribution is -2.39. The predicted octanol–water partition coefficient (Wildman–Crippen LogP) is 2.76. The standard InChI is InChI=1S/C22H27N3O3/c1-24(9-3-6-17-5-2-8-23-15-17)10-4-11-25-12-7-18-13-20-21(28-16-27-20)14-19(18)22(25)26/h2,5,8,13-15H,3-4,6-7,9-12,16H2,1H3. The van der Waals surface area contributed by atoms with Crippen LogP contribution < -0.4 is 9.47 Å². The summed E-state index contributed by atoms with van der Waals surface area (Å²) in [5.41, 5.74) is 3.12. The van der Waals surface area contributed by atoms with E-state index < -0.39 is 0 Å². The van der Waals surface area contributed by atoms with Crippen molar-refractivity contribution in [2.45, 2.75) is 25.7 Å². The number of rotatable bonds is 8. The van der Waals surface area contributed by atoms with Crippen LogP contribution in [-0.4, -0.2) is 60.7 Å². The SMILES string of the molecule is CN(CCCc1cccnc1)CCCN1CCc2cc3c(cc2C1=O)OCO3. The van der Waals surface area contributed by atoms with E-state index in [9.17, 15) is 4.79 Å². The molecular weight excluding hydrogens is 354 g/mol. The van der Waals surface area contributed by atoms with Crippen molar-refractivity contribution in [2.75, 3.05) is 40.0 Å². The first-order valence-corrected chi connectivity index (χ1v) is 10.00. The Morgan fingerprint density at radius 3 is 2.82 bits per heavy atom. The summed E-state index contributed by atoms with van der Waals surface area (Å²) in [6, 6.07) is 7.92. The van der Waals surface area contributed by atoms with Crippen LogP contribution in [0.2, 0.25) is 0 Å². The van der Waals surface area contributed by atoms with Gasteiger partial charge >= 0.3 is 0 Å². The normalized spacial score (nSPS) is 15.2. The van der Waals surface area contributed by atoms with E-state index in [1.165, 1.54) is 5.56 Å². The quantitative estimate of drug-likeness (QED) is 0.704. The third-order valence-electron chi connectivity index (χ3n) is 5.46. The van der Waals surface area contributed by atoms with Crippen LogP contribution in [0.5, 0.6) is 11.5 Å². The molecule has 2 aliphatic heterocycles. The van der Waals surface area contributed by atoms with Gasteiger partial charge in [-0.2, -0.15) is 0 Å². The summed E-state index contributed by atoms with van der Waals surface area (Å²) in [5, 5.41) is 0. The van der Waals surface area contributed by atoms with Gasteiger partial charge in [-0.05, 0) is 75.1 Å². The van der Waals surface area contributed by atoms with E-state index in [0.29, 0.717) is 5.75 Å². The van der Waals surface area contributed by atoms with Crippen LogP contribution in [-0.2, 0) is 12.8 Å². The molecule has 1 aromatic heterocycles. The molecule has 0 saturated carbocycles. The molecule has 4 rings (SSSR count). The second-order valence-electron chi connectivity index (χ2n) is 7.53. The molecular formula is C22H27N3O3. The van der Waals surface area contributed by atoms with E-state index >= 15 is 0 Å². The molecule has 6 nitrogen and oxygen atoms in total. The third kappa shape index (κ3) is 4.28. The molecule has 0 aliphatic carbocycles. The summed E-state index contributed by atoms with van der Waals surface area (Å²) >= 11 is 0. The van der Waals surface area contributed by atoms with Crippen LogP contribution in [0.4, 0.5) is 0 Å². The molecule has 0 saturated heterocycles. The average Bonchev–Trinajstić information content (AvgIpc) is 3.17. The largest absolute Gasteiger partial charge is 0.454 e. The van der Waals surface area contributed by atoms with Crippen LogP contribution in [0.25, 0.3) is 0 Å². The summed E-state index contributed by atoms with van der Waals surface area (Å²) in [6.45, 7) is 3.85. The lowest BCUT2D eigenvalue weighted by atomic mass is 9.98. The smallest absolute Gasteiger partial charge is 0.254 e. The van der Waals surface area contributed by atoms with Gasteiger partial charge in [0.05, 0.1) is 0 Å². The van der Waals surface area contributed by atoms with Crippen LogP contribution in [0.15, 0.2) is 36.7 Å². The molecule has 0 fully saturated rings. The number of nitrogens with zero attached hydrogens (tertiary/aromatic N) is 3. The van der Waals surface area contributed by atoms with Gasteiger partial charge < -0.3 is 19.3 Å². The monoisotopic (exact) mass is 381 g/mol. The second-order valence-corrected chi connectivity index (χ2v) is 7.53. The zero-order valence-electron chi connectivity index (χ0n) is 16.4. The molecule has 28 heavy (non-hydrogen) atoms. The minimum absolute atomic E-state index is 0.110. The Hall–Kier alpha value is -2.60. The molecule has 0 N–H and O–H groups in total. The third-order valence-corrected chi connectivity index (χ3v) is 5.46. The highest BCUT2D eigenvalue weighted by Gasteiger charge is 2.27. The van der Waals surface area contributed by atoms with Crippen molar-refractivity contribution < 1.29 is 14.3 Å². The van der Waals surface area contributed by atoms with Crippen molar-refractivity contribution in [1.82, 2.24) is 14.8 Å². The Kier molecular flexibility index (Phi) is 5.76. The lowest BCUT2D eigenvalue weighted by Gasteiger charge is -2.29. The van der Waals surface area contributed by atoms with Gasteiger partial charge in [-0.3, -0.25) is 9.78 Å². The Morgan fingerprint density at radius 2 is 2.00 bits per heavy atom. The molecule has 1 aromatic carbocycles. The van der Waals surface area contributed by atoms with Crippen LogP contribution >= 0.6 is 0 Å². The second kappa shape index (κ2) is 8.61. The number of aromatic nitrogens is 1. The number of carbonyl (C=O) groups excluding carboxylic acids is 1. The van der Waals surface area contributed by atoms with E-state index in [4.69, 9.17) is 9.47 Å². The van der Waals surface area contributed by atoms with Crippen molar-refractivity contribution in [1.29, 1.82) is 0 Å². The van der Waals surface area contributed by atoms with Gasteiger partial charge in [0.2, 0.25) is 6.79 Å². The number of hydrogen-bond donors (Lipinski definition) is 0. The van der Waals surface area contributed by atoms with Gasteiger partial charge in [-0.25, -0.2) is 0 Å². The maximum Gasteiger partial charge on any atom is 0.254 e. The number of aryl methyl sites for hydroxylation is 1. The summed E-state index contributed by atoms with van der Waals surface area (Å²) in [6.07, 6.45) is 7.77. The van der Waals surface area contributed by atoms with Gasteiger partial charge in [0.25, 0.3) is 5.91 Å². The van der Waals surface area contributed by atoms with E-state index in [1.807, 2.05) is 35.5 Å². The summed E-state index contributed by atoms with van der Waals surface area (Å²) in [7, 11) is 2.15. The highest BCUT2D eigenvalue weighted by Crippen LogP contribution is 2.36. The highest BCUT2D eigenvalue weighted by molar-refractivity contribution is 5.97. The van der Waals surface area contributed by atoms with E-state index in [-0.39, 0.29) is 12.7 Å². The van der Waals surface area contributed by atoms with Crippen molar-refractivity contribution in [3.05, 3.63) is 53.3 Å². The Labute approximate surface area is 166 Å². The average molecular weight is 381 g/mol. The van der Waals surface area contributed by atoms with Crippen LogP contribution in [0.3, 0.4) is 0 Å². The molecule has 3 heterocycles. The fourth-order valence-electron chi connectivity index (χ4n) is 3.87. The summed E-state index contributed by atoms with van der Waals surface area (Å²) in [5.74, 6) is 1.55. The number of amides is 1. The van der Waals surface area contributed by atoms with Crippen molar-refractivity contribution in [3.8, 4) is 11.5 Å². The van der Waals surface area contributed by atoms with Gasteiger partial charge in [0.15, 0.2) is 11.5 Å². The van der Waals surface area contributed by atoms with Gasteiger partial charge in [-0.1, -0.05) is 6.07 Å². The topological polar surface area (TPSA) is 54.9 Å². The minimum Gasteiger partial charge on any atom is -0.454 e. The van der Waals surface area contributed by atoms with Gasteiger partial charge in [0.1, 0.15) is 0 Å². The van der Waals surface area contributed by atoms with Crippen molar-refractivity contribution >= 4 is 5.91 Å². The molecule has 0 spiro atoms. The molecule has 6 heteroatoms. The highest BCUT2D eigenvalue weighted by atomic mass is 16.7. The van der Waals surface area contributed by atoms with Crippen molar-refractivity contribution in [3.63, 3.8) is 0 Å². The maximum absolute atomic E-state index is 12.8. The number of fused-ring (bicyclic) bond motifs is 2. The Balaban J connectivity index is 1.21. The molecule has 148 valence electrons. The minimum atomic E-state index is 0.110. The predicted molar refractivity (Wildman–Crippen MR) is 107 cm³/mol. The number of pyridine rings is 1.